The first-order chi connectivity index (χ1) is 14.4. The lowest BCUT2D eigenvalue weighted by Crippen LogP contribution is -2.51. The van der Waals surface area contributed by atoms with E-state index in [0.717, 1.165) is 5.56 Å². The summed E-state index contributed by atoms with van der Waals surface area (Å²) in [5.74, 6) is -0.751. The molecule has 1 amide bonds. The number of para-hydroxylation sites is 1. The van der Waals surface area contributed by atoms with Crippen LogP contribution >= 0.6 is 11.6 Å². The van der Waals surface area contributed by atoms with Crippen LogP contribution in [-0.2, 0) is 9.53 Å². The van der Waals surface area contributed by atoms with Crippen LogP contribution in [0.15, 0.2) is 48.5 Å². The third kappa shape index (κ3) is 4.77. The summed E-state index contributed by atoms with van der Waals surface area (Å²) < 4.78 is 5.26. The Hall–Kier alpha value is -2.97. The molecule has 3 rings (SSSR count). The Labute approximate surface area is 179 Å². The van der Waals surface area contributed by atoms with Gasteiger partial charge in [-0.15, -0.1) is 0 Å². The van der Waals surface area contributed by atoms with Gasteiger partial charge >= 0.3 is 5.97 Å². The minimum absolute atomic E-state index is 0.0654. The Kier molecular flexibility index (Phi) is 7.02. The molecule has 158 valence electrons. The molecule has 2 aromatic carbocycles. The number of nitro benzene ring substituents is 1. The zero-order chi connectivity index (χ0) is 21.7. The van der Waals surface area contributed by atoms with E-state index in [0.29, 0.717) is 31.2 Å². The molecule has 0 bridgehead atoms. The summed E-state index contributed by atoms with van der Waals surface area (Å²) >= 11 is 5.97. The Morgan fingerprint density at radius 2 is 1.73 bits per heavy atom. The van der Waals surface area contributed by atoms with Gasteiger partial charge < -0.3 is 9.64 Å². The maximum absolute atomic E-state index is 12.8. The van der Waals surface area contributed by atoms with Crippen LogP contribution in [0.25, 0.3) is 0 Å². The monoisotopic (exact) mass is 431 g/mol. The molecular formula is C21H22ClN3O5. The quantitative estimate of drug-likeness (QED) is 0.395. The number of ether oxygens (including phenoxy) is 1. The molecule has 1 aliphatic heterocycles. The molecule has 0 unspecified atom stereocenters. The number of nitro groups is 1. The molecule has 2 aromatic rings. The van der Waals surface area contributed by atoms with E-state index in [-0.39, 0.29) is 29.7 Å². The van der Waals surface area contributed by atoms with Gasteiger partial charge in [-0.05, 0) is 30.7 Å². The van der Waals surface area contributed by atoms with Crippen LogP contribution in [0, 0.1) is 10.1 Å². The van der Waals surface area contributed by atoms with Crippen molar-refractivity contribution in [3.63, 3.8) is 0 Å². The number of carbonyl (C=O) groups is 2. The second-order valence-corrected chi connectivity index (χ2v) is 7.25. The predicted molar refractivity (Wildman–Crippen MR) is 111 cm³/mol. The van der Waals surface area contributed by atoms with Crippen LogP contribution in [0.1, 0.15) is 28.9 Å². The molecule has 0 saturated carbocycles. The average molecular weight is 432 g/mol. The summed E-state index contributed by atoms with van der Waals surface area (Å²) in [5.41, 5.74) is 0.613. The molecule has 1 aliphatic rings. The summed E-state index contributed by atoms with van der Waals surface area (Å²) in [7, 11) is 0. The fraction of sp³-hybridized carbons (Fsp3) is 0.333. The zero-order valence-electron chi connectivity index (χ0n) is 16.5. The number of rotatable bonds is 6. The van der Waals surface area contributed by atoms with Gasteiger partial charge in [0.2, 0.25) is 0 Å². The van der Waals surface area contributed by atoms with Crippen molar-refractivity contribution in [3.8, 4) is 0 Å². The van der Waals surface area contributed by atoms with Crippen LogP contribution in [0.5, 0.6) is 0 Å². The second kappa shape index (κ2) is 9.69. The van der Waals surface area contributed by atoms with E-state index in [2.05, 4.69) is 0 Å². The molecule has 0 N–H and O–H groups in total. The number of esters is 1. The highest BCUT2D eigenvalue weighted by Gasteiger charge is 2.34. The number of benzene rings is 2. The van der Waals surface area contributed by atoms with Gasteiger partial charge in [0, 0.05) is 37.3 Å². The van der Waals surface area contributed by atoms with E-state index in [9.17, 15) is 19.7 Å². The Bertz CT molecular complexity index is 926. The Morgan fingerprint density at radius 3 is 2.33 bits per heavy atom. The Balaban J connectivity index is 1.75. The minimum Gasteiger partial charge on any atom is -0.465 e. The molecule has 1 heterocycles. The van der Waals surface area contributed by atoms with Gasteiger partial charge in [0.05, 0.1) is 11.5 Å². The first-order valence-electron chi connectivity index (χ1n) is 9.61. The van der Waals surface area contributed by atoms with Crippen molar-refractivity contribution in [2.75, 3.05) is 32.8 Å². The van der Waals surface area contributed by atoms with E-state index in [1.165, 1.54) is 18.2 Å². The zero-order valence-corrected chi connectivity index (χ0v) is 17.2. The maximum atomic E-state index is 12.8. The summed E-state index contributed by atoms with van der Waals surface area (Å²) in [5, 5.41) is 11.8. The number of carbonyl (C=O) groups excluding carboxylic acids is 2. The van der Waals surface area contributed by atoms with E-state index < -0.39 is 11.0 Å². The summed E-state index contributed by atoms with van der Waals surface area (Å²) in [6.45, 7) is 3.55. The van der Waals surface area contributed by atoms with E-state index in [4.69, 9.17) is 16.3 Å². The second-order valence-electron chi connectivity index (χ2n) is 6.81. The standard InChI is InChI=1S/C21H22ClN3O5/c1-2-30-21(27)19(15-7-9-16(22)10-8-15)23-11-13-24(14-12-23)20(26)17-5-3-4-6-18(17)25(28)29/h3-10,19H,2,11-14H2,1H3/t19-/m0/s1. The van der Waals surface area contributed by atoms with Crippen molar-refractivity contribution >= 4 is 29.2 Å². The van der Waals surface area contributed by atoms with Crippen molar-refractivity contribution in [2.45, 2.75) is 13.0 Å². The van der Waals surface area contributed by atoms with Crippen LogP contribution < -0.4 is 0 Å². The first kappa shape index (κ1) is 21.7. The Morgan fingerprint density at radius 1 is 1.10 bits per heavy atom. The molecule has 0 aliphatic carbocycles. The summed E-state index contributed by atoms with van der Waals surface area (Å²) in [6, 6.07) is 12.3. The van der Waals surface area contributed by atoms with Crippen molar-refractivity contribution in [2.24, 2.45) is 0 Å². The van der Waals surface area contributed by atoms with Gasteiger partial charge in [0.1, 0.15) is 11.6 Å². The number of hydrogen-bond donors (Lipinski definition) is 0. The topological polar surface area (TPSA) is 93.0 Å². The fourth-order valence-electron chi connectivity index (χ4n) is 3.53. The van der Waals surface area contributed by atoms with Gasteiger partial charge in [0.25, 0.3) is 11.6 Å². The van der Waals surface area contributed by atoms with Crippen LogP contribution in [0.4, 0.5) is 5.69 Å². The molecule has 8 nitrogen and oxygen atoms in total. The molecule has 0 spiro atoms. The SMILES string of the molecule is CCOC(=O)[C@H](c1ccc(Cl)cc1)N1CCN(C(=O)c2ccccc2[N+](=O)[O-])CC1. The minimum atomic E-state index is -0.606. The van der Waals surface area contributed by atoms with Gasteiger partial charge in [-0.3, -0.25) is 19.8 Å². The third-order valence-electron chi connectivity index (χ3n) is 4.99. The molecule has 1 atom stereocenters. The highest BCUT2D eigenvalue weighted by molar-refractivity contribution is 6.30. The number of piperazine rings is 1. The van der Waals surface area contributed by atoms with Crippen molar-refractivity contribution in [1.29, 1.82) is 0 Å². The van der Waals surface area contributed by atoms with Crippen LogP contribution in [-0.4, -0.2) is 59.4 Å². The van der Waals surface area contributed by atoms with Gasteiger partial charge in [0.15, 0.2) is 0 Å². The van der Waals surface area contributed by atoms with Crippen LogP contribution in [0.3, 0.4) is 0 Å². The largest absolute Gasteiger partial charge is 0.465 e. The molecule has 1 fully saturated rings. The normalized spacial score (nSPS) is 15.5. The van der Waals surface area contributed by atoms with E-state index in [1.807, 2.05) is 4.90 Å². The molecule has 9 heteroatoms. The van der Waals surface area contributed by atoms with Gasteiger partial charge in [-0.1, -0.05) is 35.9 Å². The van der Waals surface area contributed by atoms with E-state index in [1.54, 1.807) is 42.2 Å². The maximum Gasteiger partial charge on any atom is 0.328 e. The molecule has 0 aromatic heterocycles. The van der Waals surface area contributed by atoms with Gasteiger partial charge in [-0.2, -0.15) is 0 Å². The molecule has 30 heavy (non-hydrogen) atoms. The van der Waals surface area contributed by atoms with Crippen LogP contribution in [0.2, 0.25) is 5.02 Å². The molecule has 1 saturated heterocycles. The third-order valence-corrected chi connectivity index (χ3v) is 5.25. The summed E-state index contributed by atoms with van der Waals surface area (Å²) in [4.78, 5) is 39.7. The summed E-state index contributed by atoms with van der Waals surface area (Å²) in [6.07, 6.45) is 0. The number of amides is 1. The highest BCUT2D eigenvalue weighted by Crippen LogP contribution is 2.26. The van der Waals surface area contributed by atoms with Crippen molar-refractivity contribution < 1.29 is 19.2 Å². The van der Waals surface area contributed by atoms with Gasteiger partial charge in [-0.25, -0.2) is 4.79 Å². The molecular weight excluding hydrogens is 410 g/mol. The van der Waals surface area contributed by atoms with Crippen molar-refractivity contribution in [3.05, 3.63) is 74.8 Å². The average Bonchev–Trinajstić information content (AvgIpc) is 2.75. The number of nitrogens with zero attached hydrogens (tertiary/aromatic N) is 3. The number of hydrogen-bond acceptors (Lipinski definition) is 6. The first-order valence-corrected chi connectivity index (χ1v) is 9.99. The van der Waals surface area contributed by atoms with Crippen molar-refractivity contribution in [1.82, 2.24) is 9.80 Å². The smallest absolute Gasteiger partial charge is 0.328 e. The lowest BCUT2D eigenvalue weighted by atomic mass is 10.0. The van der Waals surface area contributed by atoms with E-state index >= 15 is 0 Å². The molecule has 0 radical (unpaired) electrons. The predicted octanol–water partition coefficient (Wildman–Crippen LogP) is 3.31. The fourth-order valence-corrected chi connectivity index (χ4v) is 3.66. The number of halogens is 1. The lowest BCUT2D eigenvalue weighted by Gasteiger charge is -2.38. The lowest BCUT2D eigenvalue weighted by molar-refractivity contribution is -0.385. The highest BCUT2D eigenvalue weighted by atomic mass is 35.5.